The van der Waals surface area contributed by atoms with Crippen LogP contribution >= 0.6 is 0 Å². The fraction of sp³-hybridized carbons (Fsp3) is 0.263. The third kappa shape index (κ3) is 6.78. The van der Waals surface area contributed by atoms with E-state index in [-0.39, 0.29) is 0 Å². The summed E-state index contributed by atoms with van der Waals surface area (Å²) in [5.41, 5.74) is 4.50. The Bertz CT molecular complexity index is 574. The summed E-state index contributed by atoms with van der Waals surface area (Å²) in [7, 11) is 0. The number of benzene rings is 2. The SMILES string of the molecule is Cc1ccc(C=NOCCCON=Cc2ccc(C)cc2)cc1. The first-order valence-electron chi connectivity index (χ1n) is 7.68. The third-order valence-electron chi connectivity index (χ3n) is 3.18. The highest BCUT2D eigenvalue weighted by molar-refractivity contribution is 5.79. The van der Waals surface area contributed by atoms with E-state index in [9.17, 15) is 0 Å². The first kappa shape index (κ1) is 16.7. The van der Waals surface area contributed by atoms with Crippen molar-refractivity contribution < 1.29 is 9.68 Å². The molecule has 0 atom stereocenters. The fourth-order valence-corrected chi connectivity index (χ4v) is 1.79. The standard InChI is InChI=1S/C19H22N2O2/c1-16-4-8-18(9-5-16)14-20-22-12-3-13-23-21-15-19-10-6-17(2)7-11-19/h4-11,14-15H,3,12-13H2,1-2H3. The Hall–Kier alpha value is -2.62. The van der Waals surface area contributed by atoms with E-state index in [4.69, 9.17) is 9.68 Å². The topological polar surface area (TPSA) is 43.2 Å². The highest BCUT2D eigenvalue weighted by Crippen LogP contribution is 2.01. The van der Waals surface area contributed by atoms with Gasteiger partial charge in [-0.15, -0.1) is 0 Å². The molecule has 23 heavy (non-hydrogen) atoms. The van der Waals surface area contributed by atoms with Crippen LogP contribution in [0, 0.1) is 13.8 Å². The Morgan fingerprint density at radius 3 is 1.48 bits per heavy atom. The van der Waals surface area contributed by atoms with E-state index in [0.29, 0.717) is 13.2 Å². The summed E-state index contributed by atoms with van der Waals surface area (Å²) in [6.07, 6.45) is 4.14. The van der Waals surface area contributed by atoms with E-state index in [1.807, 2.05) is 48.5 Å². The van der Waals surface area contributed by atoms with Gasteiger partial charge in [0.2, 0.25) is 0 Å². The molecule has 0 radical (unpaired) electrons. The van der Waals surface area contributed by atoms with Crippen LogP contribution in [-0.4, -0.2) is 25.6 Å². The quantitative estimate of drug-likeness (QED) is 0.418. The van der Waals surface area contributed by atoms with E-state index >= 15 is 0 Å². The molecule has 0 spiro atoms. The lowest BCUT2D eigenvalue weighted by Crippen LogP contribution is -1.95. The van der Waals surface area contributed by atoms with Gasteiger partial charge in [0.15, 0.2) is 0 Å². The van der Waals surface area contributed by atoms with E-state index in [0.717, 1.165) is 17.5 Å². The maximum Gasteiger partial charge on any atom is 0.120 e. The summed E-state index contributed by atoms with van der Waals surface area (Å²) >= 11 is 0. The van der Waals surface area contributed by atoms with Crippen molar-refractivity contribution in [2.75, 3.05) is 13.2 Å². The van der Waals surface area contributed by atoms with Gasteiger partial charge in [0, 0.05) is 6.42 Å². The lowest BCUT2D eigenvalue weighted by atomic mass is 10.2. The summed E-state index contributed by atoms with van der Waals surface area (Å²) in [6, 6.07) is 16.2. The monoisotopic (exact) mass is 310 g/mol. The van der Waals surface area contributed by atoms with Crippen LogP contribution in [0.1, 0.15) is 28.7 Å². The smallest absolute Gasteiger partial charge is 0.120 e. The number of hydrogen-bond donors (Lipinski definition) is 0. The Labute approximate surface area is 137 Å². The molecule has 0 aromatic heterocycles. The summed E-state index contributed by atoms with van der Waals surface area (Å²) in [5, 5.41) is 7.85. The Morgan fingerprint density at radius 1 is 0.696 bits per heavy atom. The summed E-state index contributed by atoms with van der Waals surface area (Å²) in [4.78, 5) is 10.4. The van der Waals surface area contributed by atoms with Gasteiger partial charge in [0.1, 0.15) is 13.2 Å². The molecule has 0 amide bonds. The Balaban J connectivity index is 1.55. The molecule has 0 bridgehead atoms. The average molecular weight is 310 g/mol. The average Bonchev–Trinajstić information content (AvgIpc) is 2.56. The zero-order valence-electron chi connectivity index (χ0n) is 13.6. The van der Waals surface area contributed by atoms with Crippen molar-refractivity contribution in [3.8, 4) is 0 Å². The van der Waals surface area contributed by atoms with Crippen LogP contribution in [0.5, 0.6) is 0 Å². The van der Waals surface area contributed by atoms with Gasteiger partial charge in [-0.1, -0.05) is 70.0 Å². The molecule has 0 aliphatic heterocycles. The fourth-order valence-electron chi connectivity index (χ4n) is 1.79. The van der Waals surface area contributed by atoms with Gasteiger partial charge in [-0.2, -0.15) is 0 Å². The minimum Gasteiger partial charge on any atom is -0.396 e. The molecule has 4 heteroatoms. The van der Waals surface area contributed by atoms with Crippen LogP contribution in [0.15, 0.2) is 58.8 Å². The molecule has 0 unspecified atom stereocenters. The number of nitrogens with zero attached hydrogens (tertiary/aromatic N) is 2. The minimum absolute atomic E-state index is 0.502. The van der Waals surface area contributed by atoms with Crippen LogP contribution in [-0.2, 0) is 9.68 Å². The molecular weight excluding hydrogens is 288 g/mol. The van der Waals surface area contributed by atoms with Gasteiger partial charge < -0.3 is 9.68 Å². The predicted octanol–water partition coefficient (Wildman–Crippen LogP) is 4.09. The zero-order chi connectivity index (χ0) is 16.3. The summed E-state index contributed by atoms with van der Waals surface area (Å²) < 4.78 is 0. The number of aryl methyl sites for hydroxylation is 2. The molecule has 0 heterocycles. The largest absolute Gasteiger partial charge is 0.396 e. The van der Waals surface area contributed by atoms with Crippen LogP contribution in [0.4, 0.5) is 0 Å². The van der Waals surface area contributed by atoms with Gasteiger partial charge in [-0.25, -0.2) is 0 Å². The van der Waals surface area contributed by atoms with Crippen molar-refractivity contribution in [3.63, 3.8) is 0 Å². The Morgan fingerprint density at radius 2 is 1.09 bits per heavy atom. The van der Waals surface area contributed by atoms with E-state index < -0.39 is 0 Å². The molecule has 0 aliphatic rings. The minimum atomic E-state index is 0.502. The van der Waals surface area contributed by atoms with Crippen LogP contribution in [0.25, 0.3) is 0 Å². The van der Waals surface area contributed by atoms with Crippen molar-refractivity contribution in [3.05, 3.63) is 70.8 Å². The summed E-state index contributed by atoms with van der Waals surface area (Å²) in [6.45, 7) is 5.11. The van der Waals surface area contributed by atoms with Crippen LogP contribution < -0.4 is 0 Å². The van der Waals surface area contributed by atoms with Gasteiger partial charge >= 0.3 is 0 Å². The number of oxime groups is 2. The Kier molecular flexibility index (Phi) is 6.85. The molecule has 4 nitrogen and oxygen atoms in total. The van der Waals surface area contributed by atoms with E-state index in [1.165, 1.54) is 11.1 Å². The molecule has 2 aromatic rings. The second-order valence-electron chi connectivity index (χ2n) is 5.31. The second kappa shape index (κ2) is 9.41. The molecule has 0 saturated heterocycles. The molecule has 2 rings (SSSR count). The van der Waals surface area contributed by atoms with Gasteiger partial charge in [-0.3, -0.25) is 0 Å². The van der Waals surface area contributed by atoms with Crippen LogP contribution in [0.2, 0.25) is 0 Å². The van der Waals surface area contributed by atoms with E-state index in [1.54, 1.807) is 12.4 Å². The molecule has 0 aliphatic carbocycles. The van der Waals surface area contributed by atoms with Gasteiger partial charge in [-0.05, 0) is 25.0 Å². The molecule has 120 valence electrons. The molecule has 2 aromatic carbocycles. The van der Waals surface area contributed by atoms with Crippen molar-refractivity contribution in [2.45, 2.75) is 20.3 Å². The summed E-state index contributed by atoms with van der Waals surface area (Å²) in [5.74, 6) is 0. The van der Waals surface area contributed by atoms with Gasteiger partial charge in [0.05, 0.1) is 12.4 Å². The lowest BCUT2D eigenvalue weighted by molar-refractivity contribution is 0.0914. The molecule has 0 fully saturated rings. The predicted molar refractivity (Wildman–Crippen MR) is 94.1 cm³/mol. The maximum absolute atomic E-state index is 5.18. The van der Waals surface area contributed by atoms with Gasteiger partial charge in [0.25, 0.3) is 0 Å². The molecule has 0 N–H and O–H groups in total. The van der Waals surface area contributed by atoms with Crippen LogP contribution in [0.3, 0.4) is 0 Å². The molecular formula is C19H22N2O2. The maximum atomic E-state index is 5.18. The number of rotatable bonds is 8. The third-order valence-corrected chi connectivity index (χ3v) is 3.18. The highest BCUT2D eigenvalue weighted by Gasteiger charge is 1.90. The normalized spacial score (nSPS) is 11.2. The first-order valence-corrected chi connectivity index (χ1v) is 7.68. The lowest BCUT2D eigenvalue weighted by Gasteiger charge is -1.99. The van der Waals surface area contributed by atoms with E-state index in [2.05, 4.69) is 24.2 Å². The zero-order valence-corrected chi connectivity index (χ0v) is 13.6. The van der Waals surface area contributed by atoms with Crippen molar-refractivity contribution in [1.29, 1.82) is 0 Å². The number of hydrogen-bond acceptors (Lipinski definition) is 4. The van der Waals surface area contributed by atoms with Crippen molar-refractivity contribution >= 4 is 12.4 Å². The van der Waals surface area contributed by atoms with Crippen molar-refractivity contribution in [2.24, 2.45) is 10.3 Å². The highest BCUT2D eigenvalue weighted by atomic mass is 16.6. The second-order valence-corrected chi connectivity index (χ2v) is 5.31. The first-order chi connectivity index (χ1) is 11.2. The van der Waals surface area contributed by atoms with Crippen molar-refractivity contribution in [1.82, 2.24) is 0 Å². The molecule has 0 saturated carbocycles.